The van der Waals surface area contributed by atoms with Gasteiger partial charge < -0.3 is 15.4 Å². The van der Waals surface area contributed by atoms with E-state index < -0.39 is 6.04 Å². The lowest BCUT2D eigenvalue weighted by Gasteiger charge is -2.25. The van der Waals surface area contributed by atoms with Crippen LogP contribution in [0.15, 0.2) is 24.3 Å². The zero-order chi connectivity index (χ0) is 14.5. The average Bonchev–Trinajstić information content (AvgIpc) is 3.24. The lowest BCUT2D eigenvalue weighted by Crippen LogP contribution is -2.47. The van der Waals surface area contributed by atoms with Gasteiger partial charge in [0, 0.05) is 19.7 Å². The molecular formula is C15H22ClFN2O2. The monoisotopic (exact) mass is 316 g/mol. The number of amides is 1. The maximum atomic E-state index is 13.1. The maximum absolute atomic E-state index is 13.1. The quantitative estimate of drug-likeness (QED) is 0.834. The van der Waals surface area contributed by atoms with Crippen LogP contribution in [-0.2, 0) is 16.0 Å². The first kappa shape index (κ1) is 17.9. The minimum Gasteiger partial charge on any atom is -0.383 e. The van der Waals surface area contributed by atoms with E-state index in [0.717, 1.165) is 18.4 Å². The highest BCUT2D eigenvalue weighted by molar-refractivity contribution is 5.85. The number of hydrogen-bond acceptors (Lipinski definition) is 3. The van der Waals surface area contributed by atoms with Crippen LogP contribution in [-0.4, -0.2) is 43.2 Å². The molecule has 0 aromatic heterocycles. The normalized spacial score (nSPS) is 15.2. The number of carbonyl (C=O) groups is 1. The van der Waals surface area contributed by atoms with Gasteiger partial charge in [0.2, 0.25) is 5.91 Å². The zero-order valence-electron chi connectivity index (χ0n) is 12.1. The van der Waals surface area contributed by atoms with E-state index in [1.165, 1.54) is 19.2 Å². The molecule has 2 N–H and O–H groups in total. The molecule has 1 amide bonds. The summed E-state index contributed by atoms with van der Waals surface area (Å²) in [4.78, 5) is 14.1. The van der Waals surface area contributed by atoms with Crippen LogP contribution in [0.25, 0.3) is 0 Å². The fourth-order valence-corrected chi connectivity index (χ4v) is 2.26. The molecule has 118 valence electrons. The van der Waals surface area contributed by atoms with Crippen molar-refractivity contribution in [2.24, 2.45) is 5.73 Å². The van der Waals surface area contributed by atoms with Crippen molar-refractivity contribution in [1.82, 2.24) is 4.90 Å². The number of rotatable bonds is 7. The SMILES string of the molecule is COCC(N)C(=O)N(CCc1cccc(F)c1)C1CC1.Cl. The van der Waals surface area contributed by atoms with Gasteiger partial charge in [-0.1, -0.05) is 12.1 Å². The molecule has 1 atom stereocenters. The van der Waals surface area contributed by atoms with E-state index in [0.29, 0.717) is 19.0 Å². The maximum Gasteiger partial charge on any atom is 0.242 e. The number of carbonyl (C=O) groups excluding carboxylic acids is 1. The smallest absolute Gasteiger partial charge is 0.242 e. The third-order valence-corrected chi connectivity index (χ3v) is 3.46. The van der Waals surface area contributed by atoms with Crippen LogP contribution < -0.4 is 5.73 Å². The molecule has 0 heterocycles. The van der Waals surface area contributed by atoms with E-state index in [-0.39, 0.29) is 30.7 Å². The van der Waals surface area contributed by atoms with Gasteiger partial charge in [0.1, 0.15) is 11.9 Å². The second-order valence-corrected chi connectivity index (χ2v) is 5.20. The molecule has 0 radical (unpaired) electrons. The first-order valence-electron chi connectivity index (χ1n) is 6.91. The average molecular weight is 317 g/mol. The second-order valence-electron chi connectivity index (χ2n) is 5.20. The third-order valence-electron chi connectivity index (χ3n) is 3.46. The van der Waals surface area contributed by atoms with Crippen LogP contribution in [0.2, 0.25) is 0 Å². The summed E-state index contributed by atoms with van der Waals surface area (Å²) in [5, 5.41) is 0. The van der Waals surface area contributed by atoms with Gasteiger partial charge in [-0.2, -0.15) is 0 Å². The predicted molar refractivity (Wildman–Crippen MR) is 81.9 cm³/mol. The summed E-state index contributed by atoms with van der Waals surface area (Å²) in [6, 6.07) is 6.15. The van der Waals surface area contributed by atoms with Crippen molar-refractivity contribution in [3.05, 3.63) is 35.6 Å². The largest absolute Gasteiger partial charge is 0.383 e. The predicted octanol–water partition coefficient (Wildman–Crippen LogP) is 1.75. The molecular weight excluding hydrogens is 295 g/mol. The van der Waals surface area contributed by atoms with Crippen molar-refractivity contribution >= 4 is 18.3 Å². The number of hydrogen-bond donors (Lipinski definition) is 1. The number of nitrogens with two attached hydrogens (primary N) is 1. The van der Waals surface area contributed by atoms with Gasteiger partial charge in [-0.05, 0) is 37.0 Å². The second kappa shape index (κ2) is 8.32. The molecule has 0 bridgehead atoms. The Morgan fingerprint density at radius 2 is 2.24 bits per heavy atom. The Balaban J connectivity index is 0.00000220. The molecule has 2 rings (SSSR count). The molecule has 0 aliphatic heterocycles. The third kappa shape index (κ3) is 5.26. The summed E-state index contributed by atoms with van der Waals surface area (Å²) >= 11 is 0. The molecule has 0 saturated heterocycles. The summed E-state index contributed by atoms with van der Waals surface area (Å²) in [6.45, 7) is 0.798. The van der Waals surface area contributed by atoms with E-state index in [1.807, 2.05) is 11.0 Å². The lowest BCUT2D eigenvalue weighted by molar-refractivity contribution is -0.134. The van der Waals surface area contributed by atoms with Crippen molar-refractivity contribution < 1.29 is 13.9 Å². The summed E-state index contributed by atoms with van der Waals surface area (Å²) in [7, 11) is 1.53. The highest BCUT2D eigenvalue weighted by Gasteiger charge is 2.34. The van der Waals surface area contributed by atoms with Crippen LogP contribution in [0.5, 0.6) is 0 Å². The van der Waals surface area contributed by atoms with E-state index >= 15 is 0 Å². The van der Waals surface area contributed by atoms with E-state index in [9.17, 15) is 9.18 Å². The van der Waals surface area contributed by atoms with Crippen LogP contribution in [0.4, 0.5) is 4.39 Å². The minimum absolute atomic E-state index is 0. The van der Waals surface area contributed by atoms with Crippen molar-refractivity contribution in [3.63, 3.8) is 0 Å². The van der Waals surface area contributed by atoms with Crippen molar-refractivity contribution in [2.45, 2.75) is 31.3 Å². The van der Waals surface area contributed by atoms with Crippen molar-refractivity contribution in [1.29, 1.82) is 0 Å². The fraction of sp³-hybridized carbons (Fsp3) is 0.533. The van der Waals surface area contributed by atoms with Crippen LogP contribution in [0.3, 0.4) is 0 Å². The molecule has 0 spiro atoms. The molecule has 1 unspecified atom stereocenters. The summed E-state index contributed by atoms with van der Waals surface area (Å²) < 4.78 is 18.1. The lowest BCUT2D eigenvalue weighted by atomic mass is 10.1. The van der Waals surface area contributed by atoms with Gasteiger partial charge in [-0.15, -0.1) is 12.4 Å². The number of nitrogens with zero attached hydrogens (tertiary/aromatic N) is 1. The summed E-state index contributed by atoms with van der Waals surface area (Å²) in [6.07, 6.45) is 2.68. The Bertz CT molecular complexity index is 469. The minimum atomic E-state index is -0.617. The molecule has 1 saturated carbocycles. The Labute approximate surface area is 130 Å². The van der Waals surface area contributed by atoms with E-state index in [4.69, 9.17) is 10.5 Å². The van der Waals surface area contributed by atoms with Crippen LogP contribution in [0, 0.1) is 5.82 Å². The van der Waals surface area contributed by atoms with Crippen LogP contribution in [0.1, 0.15) is 18.4 Å². The Morgan fingerprint density at radius 1 is 1.52 bits per heavy atom. The topological polar surface area (TPSA) is 55.6 Å². The summed E-state index contributed by atoms with van der Waals surface area (Å²) in [5.74, 6) is -0.325. The zero-order valence-corrected chi connectivity index (χ0v) is 12.9. The van der Waals surface area contributed by atoms with Gasteiger partial charge >= 0.3 is 0 Å². The first-order chi connectivity index (χ1) is 9.61. The standard InChI is InChI=1S/C15H21FN2O2.ClH/c1-20-10-14(17)15(19)18(13-5-6-13)8-7-11-3-2-4-12(16)9-11;/h2-4,9,13-14H,5-8,10,17H2,1H3;1H. The first-order valence-corrected chi connectivity index (χ1v) is 6.91. The molecule has 1 fully saturated rings. The molecule has 1 aromatic rings. The van der Waals surface area contributed by atoms with E-state index in [1.54, 1.807) is 6.07 Å². The Hall–Kier alpha value is -1.17. The van der Waals surface area contributed by atoms with Gasteiger partial charge in [0.25, 0.3) is 0 Å². The highest BCUT2D eigenvalue weighted by Crippen LogP contribution is 2.27. The molecule has 6 heteroatoms. The van der Waals surface area contributed by atoms with Gasteiger partial charge in [0.15, 0.2) is 0 Å². The van der Waals surface area contributed by atoms with Gasteiger partial charge in [0.05, 0.1) is 6.61 Å². The Morgan fingerprint density at radius 3 is 2.81 bits per heavy atom. The number of halogens is 2. The number of benzene rings is 1. The van der Waals surface area contributed by atoms with Gasteiger partial charge in [-0.3, -0.25) is 4.79 Å². The van der Waals surface area contributed by atoms with Crippen molar-refractivity contribution in [2.75, 3.05) is 20.3 Å². The molecule has 4 nitrogen and oxygen atoms in total. The molecule has 1 aliphatic carbocycles. The number of methoxy groups -OCH3 is 1. The molecule has 21 heavy (non-hydrogen) atoms. The highest BCUT2D eigenvalue weighted by atomic mass is 35.5. The Kier molecular flexibility index (Phi) is 7.08. The van der Waals surface area contributed by atoms with E-state index in [2.05, 4.69) is 0 Å². The van der Waals surface area contributed by atoms with Crippen LogP contribution >= 0.6 is 12.4 Å². The number of ether oxygens (including phenoxy) is 1. The summed E-state index contributed by atoms with van der Waals surface area (Å²) in [5.41, 5.74) is 6.70. The van der Waals surface area contributed by atoms with Gasteiger partial charge in [-0.25, -0.2) is 4.39 Å². The molecule has 1 aromatic carbocycles. The fourth-order valence-electron chi connectivity index (χ4n) is 2.26. The van der Waals surface area contributed by atoms with Crippen molar-refractivity contribution in [3.8, 4) is 0 Å². The molecule has 1 aliphatic rings.